The summed E-state index contributed by atoms with van der Waals surface area (Å²) < 4.78 is 69.5. The average Bonchev–Trinajstić information content (AvgIpc) is 3.50. The minimum absolute atomic E-state index is 0.0372. The summed E-state index contributed by atoms with van der Waals surface area (Å²) in [5, 5.41) is 17.1. The van der Waals surface area contributed by atoms with E-state index in [0.717, 1.165) is 25.8 Å². The van der Waals surface area contributed by atoms with E-state index in [1.165, 1.54) is 34.2 Å². The molecular formula is C24H36F3N7O3S. The Morgan fingerprint density at radius 2 is 1.79 bits per heavy atom. The van der Waals surface area contributed by atoms with E-state index in [2.05, 4.69) is 25.3 Å². The molecular weight excluding hydrogens is 523 g/mol. The van der Waals surface area contributed by atoms with E-state index in [1.807, 2.05) is 0 Å². The van der Waals surface area contributed by atoms with Gasteiger partial charge in [-0.2, -0.15) is 18.3 Å². The highest BCUT2D eigenvalue weighted by molar-refractivity contribution is 7.89. The highest BCUT2D eigenvalue weighted by atomic mass is 32.2. The van der Waals surface area contributed by atoms with Gasteiger partial charge in [-0.25, -0.2) is 22.7 Å². The summed E-state index contributed by atoms with van der Waals surface area (Å²) in [6.45, 7) is 6.79. The van der Waals surface area contributed by atoms with Gasteiger partial charge < -0.3 is 15.3 Å². The van der Waals surface area contributed by atoms with E-state index in [0.29, 0.717) is 32.4 Å². The molecule has 4 rings (SSSR count). The molecule has 0 saturated carbocycles. The van der Waals surface area contributed by atoms with Crippen LogP contribution in [0.25, 0.3) is 11.3 Å². The second-order valence-corrected chi connectivity index (χ2v) is 12.8. The molecule has 0 atom stereocenters. The lowest BCUT2D eigenvalue weighted by molar-refractivity contribution is -0.137. The van der Waals surface area contributed by atoms with Crippen molar-refractivity contribution in [1.29, 1.82) is 0 Å². The first-order chi connectivity index (χ1) is 17.8. The van der Waals surface area contributed by atoms with Gasteiger partial charge in [0.1, 0.15) is 5.56 Å². The summed E-state index contributed by atoms with van der Waals surface area (Å²) in [5.41, 5.74) is -2.23. The summed E-state index contributed by atoms with van der Waals surface area (Å²) in [4.78, 5) is 10.4. The molecule has 0 aliphatic carbocycles. The topological polar surface area (TPSA) is 116 Å². The van der Waals surface area contributed by atoms with Gasteiger partial charge in [0.2, 0.25) is 16.0 Å². The molecule has 2 aliphatic heterocycles. The van der Waals surface area contributed by atoms with Gasteiger partial charge in [0.25, 0.3) is 0 Å². The smallest absolute Gasteiger partial charge is 0.389 e. The summed E-state index contributed by atoms with van der Waals surface area (Å²) in [7, 11) is -3.35. The molecule has 0 unspecified atom stereocenters. The van der Waals surface area contributed by atoms with Gasteiger partial charge in [-0.15, -0.1) is 0 Å². The normalized spacial score (nSPS) is 18.8. The maximum Gasteiger partial charge on any atom is 0.419 e. The van der Waals surface area contributed by atoms with E-state index in [1.54, 1.807) is 13.8 Å². The van der Waals surface area contributed by atoms with E-state index >= 15 is 0 Å². The third kappa shape index (κ3) is 7.64. The maximum atomic E-state index is 13.7. The molecule has 0 bridgehead atoms. The van der Waals surface area contributed by atoms with Crippen LogP contribution < -0.4 is 5.32 Å². The Morgan fingerprint density at radius 3 is 2.42 bits per heavy atom. The van der Waals surface area contributed by atoms with Crippen LogP contribution in [0.1, 0.15) is 51.5 Å². The molecule has 212 valence electrons. The molecule has 2 aromatic rings. The third-order valence-corrected chi connectivity index (χ3v) is 8.76. The average molecular weight is 560 g/mol. The van der Waals surface area contributed by atoms with Crippen LogP contribution in [0.5, 0.6) is 0 Å². The second-order valence-electron chi connectivity index (χ2n) is 10.7. The van der Waals surface area contributed by atoms with Crippen molar-refractivity contribution in [3.05, 3.63) is 24.2 Å². The first kappa shape index (κ1) is 28.7. The van der Waals surface area contributed by atoms with Gasteiger partial charge >= 0.3 is 6.18 Å². The molecule has 10 nitrogen and oxygen atoms in total. The van der Waals surface area contributed by atoms with Crippen molar-refractivity contribution in [3.63, 3.8) is 0 Å². The lowest BCUT2D eigenvalue weighted by Gasteiger charge is -2.31. The number of halogens is 3. The number of nitrogens with zero attached hydrogens (tertiary/aromatic N) is 6. The number of sulfonamides is 1. The van der Waals surface area contributed by atoms with Crippen molar-refractivity contribution >= 4 is 16.0 Å². The fourth-order valence-electron chi connectivity index (χ4n) is 4.91. The zero-order valence-corrected chi connectivity index (χ0v) is 22.6. The second kappa shape index (κ2) is 11.4. The predicted octanol–water partition coefficient (Wildman–Crippen LogP) is 2.82. The highest BCUT2D eigenvalue weighted by Crippen LogP contribution is 2.36. The highest BCUT2D eigenvalue weighted by Gasteiger charge is 2.36. The summed E-state index contributed by atoms with van der Waals surface area (Å²) >= 11 is 0. The van der Waals surface area contributed by atoms with Crippen LogP contribution in [0.3, 0.4) is 0 Å². The lowest BCUT2D eigenvalue weighted by atomic mass is 10.1. The first-order valence-electron chi connectivity index (χ1n) is 13.0. The number of hydrogen-bond donors (Lipinski definition) is 2. The number of nitrogens with one attached hydrogen (secondary N) is 1. The Bertz CT molecular complexity index is 1180. The summed E-state index contributed by atoms with van der Waals surface area (Å²) in [6, 6.07) is -0.173. The Morgan fingerprint density at radius 1 is 1.11 bits per heavy atom. The van der Waals surface area contributed by atoms with Gasteiger partial charge in [-0.1, -0.05) is 0 Å². The van der Waals surface area contributed by atoms with Crippen LogP contribution in [0.4, 0.5) is 19.1 Å². The van der Waals surface area contributed by atoms with Gasteiger partial charge in [0.05, 0.1) is 29.8 Å². The van der Waals surface area contributed by atoms with Crippen molar-refractivity contribution in [1.82, 2.24) is 29.0 Å². The van der Waals surface area contributed by atoms with Crippen molar-refractivity contribution in [2.24, 2.45) is 0 Å². The number of aliphatic hydroxyl groups is 1. The molecule has 0 aromatic carbocycles. The van der Waals surface area contributed by atoms with Crippen molar-refractivity contribution < 1.29 is 26.7 Å². The zero-order chi connectivity index (χ0) is 27.6. The third-order valence-electron chi connectivity index (χ3n) is 6.81. The van der Waals surface area contributed by atoms with Gasteiger partial charge in [-0.05, 0) is 65.6 Å². The van der Waals surface area contributed by atoms with Crippen LogP contribution in [-0.2, 0) is 22.7 Å². The quantitative estimate of drug-likeness (QED) is 0.457. The maximum absolute atomic E-state index is 13.7. The predicted molar refractivity (Wildman–Crippen MR) is 137 cm³/mol. The van der Waals surface area contributed by atoms with Crippen LogP contribution in [0.2, 0.25) is 0 Å². The van der Waals surface area contributed by atoms with Crippen molar-refractivity contribution in [3.8, 4) is 11.3 Å². The van der Waals surface area contributed by atoms with Gasteiger partial charge in [-0.3, -0.25) is 4.68 Å². The first-order valence-corrected chi connectivity index (χ1v) is 14.6. The van der Waals surface area contributed by atoms with Crippen LogP contribution >= 0.6 is 0 Å². The number of piperidine rings is 1. The molecule has 0 amide bonds. The SMILES string of the molecule is CC(C)(O)Cn1cc(-c2nc(NC3CCN(S(=O)(=O)CCCN4CCCC4)CC3)ncc2C(F)(F)F)cn1. The number of aromatic nitrogens is 4. The van der Waals surface area contributed by atoms with E-state index in [4.69, 9.17) is 0 Å². The number of hydrogen-bond acceptors (Lipinski definition) is 8. The van der Waals surface area contributed by atoms with Crippen molar-refractivity contribution in [2.75, 3.05) is 43.8 Å². The molecule has 2 aromatic heterocycles. The molecule has 4 heterocycles. The molecule has 2 N–H and O–H groups in total. The Hall–Kier alpha value is -2.29. The van der Waals surface area contributed by atoms with Crippen LogP contribution in [0.15, 0.2) is 18.6 Å². The molecule has 14 heteroatoms. The summed E-state index contributed by atoms with van der Waals surface area (Å²) in [6.07, 6.45) is 2.70. The molecule has 38 heavy (non-hydrogen) atoms. The minimum atomic E-state index is -4.67. The fraction of sp³-hybridized carbons (Fsp3) is 0.708. The van der Waals surface area contributed by atoms with E-state index in [9.17, 15) is 26.7 Å². The molecule has 2 aliphatic rings. The fourth-order valence-corrected chi connectivity index (χ4v) is 6.43. The lowest BCUT2D eigenvalue weighted by Crippen LogP contribution is -2.43. The number of likely N-dealkylation sites (tertiary alicyclic amines) is 1. The van der Waals surface area contributed by atoms with Crippen molar-refractivity contribution in [2.45, 2.75) is 70.3 Å². The standard InChI is InChI=1S/C24H36F3N7O3S/c1-23(2,35)17-33-16-18(14-29-33)21-20(24(25,26)27)15-28-22(31-21)30-19-6-11-34(12-7-19)38(36,37)13-5-10-32-8-3-4-9-32/h14-16,19,35H,3-13,17H2,1-2H3,(H,28,30,31). The van der Waals surface area contributed by atoms with Crippen LogP contribution in [0, 0.1) is 0 Å². The Kier molecular flexibility index (Phi) is 8.65. The number of anilines is 1. The molecule has 2 saturated heterocycles. The molecule has 0 radical (unpaired) electrons. The number of rotatable bonds is 10. The minimum Gasteiger partial charge on any atom is -0.389 e. The Balaban J connectivity index is 1.38. The van der Waals surface area contributed by atoms with Crippen LogP contribution in [-0.4, -0.2) is 92.6 Å². The summed E-state index contributed by atoms with van der Waals surface area (Å²) in [5.74, 6) is 0.156. The molecule has 0 spiro atoms. The number of alkyl halides is 3. The zero-order valence-electron chi connectivity index (χ0n) is 21.8. The molecule has 2 fully saturated rings. The Labute approximate surface area is 221 Å². The van der Waals surface area contributed by atoms with Gasteiger partial charge in [0, 0.05) is 37.1 Å². The monoisotopic (exact) mass is 559 g/mol. The van der Waals surface area contributed by atoms with Gasteiger partial charge in [0.15, 0.2) is 0 Å². The van der Waals surface area contributed by atoms with E-state index in [-0.39, 0.29) is 35.5 Å². The van der Waals surface area contributed by atoms with E-state index < -0.39 is 27.4 Å². The largest absolute Gasteiger partial charge is 0.419 e.